The molecule has 0 saturated carbocycles. The van der Waals surface area contributed by atoms with Crippen LogP contribution in [-0.4, -0.2) is 22.3 Å². The smallest absolute Gasteiger partial charge is 0.119 e. The van der Waals surface area contributed by atoms with E-state index in [1.54, 1.807) is 36.8 Å². The number of rotatable bonds is 8. The van der Waals surface area contributed by atoms with Crippen LogP contribution in [0.15, 0.2) is 61.2 Å². The van der Waals surface area contributed by atoms with E-state index in [-0.39, 0.29) is 6.10 Å². The molecular weight excluding hydrogens is 395 g/mol. The number of nitrogens with zero attached hydrogens (tertiary/aromatic N) is 2. The molecule has 0 bridgehead atoms. The zero-order chi connectivity index (χ0) is 18.4. The van der Waals surface area contributed by atoms with Crippen molar-refractivity contribution in [2.24, 2.45) is 0 Å². The van der Waals surface area contributed by atoms with E-state index in [9.17, 15) is 0 Å². The Bertz CT molecular complexity index is 823. The van der Waals surface area contributed by atoms with Crippen LogP contribution in [0.1, 0.15) is 5.56 Å². The molecule has 7 heteroatoms. The van der Waals surface area contributed by atoms with Crippen LogP contribution in [0.3, 0.4) is 0 Å². The van der Waals surface area contributed by atoms with Crippen LogP contribution in [-0.2, 0) is 17.9 Å². The second kappa shape index (κ2) is 9.28. The van der Waals surface area contributed by atoms with Crippen LogP contribution >= 0.6 is 34.8 Å². The van der Waals surface area contributed by atoms with E-state index in [0.717, 1.165) is 11.3 Å². The maximum Gasteiger partial charge on any atom is 0.119 e. The van der Waals surface area contributed by atoms with Crippen molar-refractivity contribution in [3.05, 3.63) is 81.8 Å². The summed E-state index contributed by atoms with van der Waals surface area (Å²) in [5.41, 5.74) is 0.873. The zero-order valence-corrected chi connectivity index (χ0v) is 16.1. The maximum absolute atomic E-state index is 6.22. The van der Waals surface area contributed by atoms with Gasteiger partial charge in [-0.2, -0.15) is 0 Å². The van der Waals surface area contributed by atoms with Crippen molar-refractivity contribution < 1.29 is 9.47 Å². The van der Waals surface area contributed by atoms with Crippen molar-refractivity contribution in [2.75, 3.05) is 6.61 Å². The van der Waals surface area contributed by atoms with Gasteiger partial charge in [-0.15, -0.1) is 0 Å². The highest BCUT2D eigenvalue weighted by atomic mass is 35.5. The van der Waals surface area contributed by atoms with Crippen molar-refractivity contribution in [3.63, 3.8) is 0 Å². The van der Waals surface area contributed by atoms with Gasteiger partial charge >= 0.3 is 0 Å². The summed E-state index contributed by atoms with van der Waals surface area (Å²) in [6.07, 6.45) is 5.17. The topological polar surface area (TPSA) is 36.3 Å². The molecular formula is C19H17Cl3N2O2. The number of aromatic nitrogens is 2. The third-order valence-corrected chi connectivity index (χ3v) is 4.55. The molecule has 0 fully saturated rings. The van der Waals surface area contributed by atoms with Gasteiger partial charge in [0.1, 0.15) is 18.5 Å². The van der Waals surface area contributed by atoms with E-state index in [2.05, 4.69) is 4.98 Å². The number of imidazole rings is 1. The van der Waals surface area contributed by atoms with Crippen LogP contribution in [0.25, 0.3) is 0 Å². The molecule has 0 aliphatic heterocycles. The number of benzene rings is 2. The lowest BCUT2D eigenvalue weighted by molar-refractivity contribution is -0.000517. The van der Waals surface area contributed by atoms with Gasteiger partial charge in [-0.05, 0) is 42.0 Å². The summed E-state index contributed by atoms with van der Waals surface area (Å²) in [6, 6.07) is 12.6. The molecule has 1 atom stereocenters. The van der Waals surface area contributed by atoms with Crippen LogP contribution in [0, 0.1) is 0 Å². The molecule has 1 heterocycles. The summed E-state index contributed by atoms with van der Waals surface area (Å²) in [4.78, 5) is 4.06. The first-order chi connectivity index (χ1) is 12.6. The summed E-state index contributed by atoms with van der Waals surface area (Å²) in [7, 11) is 0. The van der Waals surface area contributed by atoms with E-state index in [0.29, 0.717) is 34.8 Å². The van der Waals surface area contributed by atoms with Crippen LogP contribution in [0.4, 0.5) is 0 Å². The first kappa shape index (κ1) is 19.1. The Balaban J connectivity index is 1.63. The monoisotopic (exact) mass is 410 g/mol. The molecule has 26 heavy (non-hydrogen) atoms. The molecule has 0 radical (unpaired) electrons. The van der Waals surface area contributed by atoms with Gasteiger partial charge in [0.25, 0.3) is 0 Å². The van der Waals surface area contributed by atoms with Crippen molar-refractivity contribution in [2.45, 2.75) is 19.3 Å². The Morgan fingerprint density at radius 1 is 1.00 bits per heavy atom. The molecule has 4 nitrogen and oxygen atoms in total. The van der Waals surface area contributed by atoms with Gasteiger partial charge < -0.3 is 14.0 Å². The molecule has 0 aliphatic rings. The minimum Gasteiger partial charge on any atom is -0.491 e. The third-order valence-electron chi connectivity index (χ3n) is 3.71. The highest BCUT2D eigenvalue weighted by molar-refractivity contribution is 6.35. The number of hydrogen-bond acceptors (Lipinski definition) is 3. The predicted octanol–water partition coefficient (Wildman–Crippen LogP) is 5.51. The van der Waals surface area contributed by atoms with E-state index in [1.807, 2.05) is 29.0 Å². The molecule has 1 aromatic heterocycles. The largest absolute Gasteiger partial charge is 0.491 e. The highest BCUT2D eigenvalue weighted by Crippen LogP contribution is 2.22. The predicted molar refractivity (Wildman–Crippen MR) is 104 cm³/mol. The first-order valence-corrected chi connectivity index (χ1v) is 9.13. The molecule has 0 N–H and O–H groups in total. The molecule has 1 unspecified atom stereocenters. The van der Waals surface area contributed by atoms with E-state index in [4.69, 9.17) is 44.3 Å². The standard InChI is InChI=1S/C19H17Cl3N2O2/c20-15-3-5-17(6-4-15)26-12-18(10-24-8-7-23-13-24)25-11-14-1-2-16(21)9-19(14)22/h1-9,13,18H,10-12H2. The van der Waals surface area contributed by atoms with E-state index in [1.165, 1.54) is 0 Å². The molecule has 3 aromatic rings. The number of halogens is 3. The van der Waals surface area contributed by atoms with Gasteiger partial charge in [0, 0.05) is 27.5 Å². The number of ether oxygens (including phenoxy) is 2. The Kier molecular flexibility index (Phi) is 6.80. The second-order valence-electron chi connectivity index (χ2n) is 5.69. The summed E-state index contributed by atoms with van der Waals surface area (Å²) in [5.74, 6) is 0.734. The average Bonchev–Trinajstić information content (AvgIpc) is 3.13. The fraction of sp³-hybridized carbons (Fsp3) is 0.211. The minimum atomic E-state index is -0.188. The van der Waals surface area contributed by atoms with Crippen molar-refractivity contribution in [1.82, 2.24) is 9.55 Å². The van der Waals surface area contributed by atoms with Gasteiger partial charge in [-0.25, -0.2) is 4.98 Å². The summed E-state index contributed by atoms with van der Waals surface area (Å²) in [5, 5.41) is 1.85. The fourth-order valence-corrected chi connectivity index (χ4v) is 2.94. The highest BCUT2D eigenvalue weighted by Gasteiger charge is 2.13. The molecule has 0 spiro atoms. The molecule has 136 valence electrons. The third kappa shape index (κ3) is 5.64. The molecule has 3 rings (SSSR count). The number of hydrogen-bond donors (Lipinski definition) is 0. The van der Waals surface area contributed by atoms with Crippen molar-refractivity contribution >= 4 is 34.8 Å². The quantitative estimate of drug-likeness (QED) is 0.490. The Labute approximate surface area is 167 Å². The van der Waals surface area contributed by atoms with Crippen LogP contribution in [0.5, 0.6) is 5.75 Å². The Morgan fingerprint density at radius 3 is 2.46 bits per heavy atom. The van der Waals surface area contributed by atoms with E-state index < -0.39 is 0 Å². The summed E-state index contributed by atoms with van der Waals surface area (Å²) < 4.78 is 13.8. The molecule has 0 aliphatic carbocycles. The molecule has 0 amide bonds. The van der Waals surface area contributed by atoms with Crippen LogP contribution in [0.2, 0.25) is 15.1 Å². The SMILES string of the molecule is Clc1ccc(OCC(Cn2ccnc2)OCc2ccc(Cl)cc2Cl)cc1. The minimum absolute atomic E-state index is 0.188. The summed E-state index contributed by atoms with van der Waals surface area (Å²) in [6.45, 7) is 1.35. The van der Waals surface area contributed by atoms with Crippen LogP contribution < -0.4 is 4.74 Å². The fourth-order valence-electron chi connectivity index (χ4n) is 2.35. The van der Waals surface area contributed by atoms with Gasteiger partial charge in [-0.3, -0.25) is 0 Å². The lowest BCUT2D eigenvalue weighted by Crippen LogP contribution is -2.26. The first-order valence-electron chi connectivity index (χ1n) is 8.00. The zero-order valence-electron chi connectivity index (χ0n) is 13.8. The van der Waals surface area contributed by atoms with Crippen molar-refractivity contribution in [3.8, 4) is 5.75 Å². The van der Waals surface area contributed by atoms with Gasteiger partial charge in [0.05, 0.1) is 19.5 Å². The Morgan fingerprint density at radius 2 is 1.77 bits per heavy atom. The van der Waals surface area contributed by atoms with Gasteiger partial charge in [0.2, 0.25) is 0 Å². The van der Waals surface area contributed by atoms with Gasteiger partial charge in [-0.1, -0.05) is 40.9 Å². The summed E-state index contributed by atoms with van der Waals surface area (Å²) >= 11 is 18.1. The van der Waals surface area contributed by atoms with Gasteiger partial charge in [0.15, 0.2) is 0 Å². The average molecular weight is 412 g/mol. The molecule has 0 saturated heterocycles. The Hall–Kier alpha value is -1.72. The lowest BCUT2D eigenvalue weighted by Gasteiger charge is -2.19. The maximum atomic E-state index is 6.22. The molecule has 2 aromatic carbocycles. The van der Waals surface area contributed by atoms with Crippen molar-refractivity contribution in [1.29, 1.82) is 0 Å². The lowest BCUT2D eigenvalue weighted by atomic mass is 10.2. The normalized spacial score (nSPS) is 12.1. The second-order valence-corrected chi connectivity index (χ2v) is 6.97. The van der Waals surface area contributed by atoms with E-state index >= 15 is 0 Å².